The zero-order chi connectivity index (χ0) is 14.2. The third-order valence-corrected chi connectivity index (χ3v) is 3.70. The summed E-state index contributed by atoms with van der Waals surface area (Å²) in [6, 6.07) is 9.30. The number of hydrogen-bond acceptors (Lipinski definition) is 3. The van der Waals surface area contributed by atoms with E-state index in [9.17, 15) is 4.79 Å². The maximum atomic E-state index is 12.5. The van der Waals surface area contributed by atoms with Gasteiger partial charge >= 0.3 is 0 Å². The number of nitrogens with one attached hydrogen (secondary N) is 2. The number of hydrogen-bond donors (Lipinski definition) is 2. The van der Waals surface area contributed by atoms with Crippen molar-refractivity contribution in [2.75, 3.05) is 11.9 Å². The molecule has 0 radical (unpaired) electrons. The Morgan fingerprint density at radius 1 is 1.29 bits per heavy atom. The molecule has 1 aliphatic heterocycles. The van der Waals surface area contributed by atoms with Crippen LogP contribution >= 0.6 is 0 Å². The monoisotopic (exact) mass is 279 g/mol. The minimum atomic E-state index is -0.137. The van der Waals surface area contributed by atoms with Crippen molar-refractivity contribution in [3.05, 3.63) is 53.9 Å². The first kappa shape index (κ1) is 12.0. The lowest BCUT2D eigenvalue weighted by molar-refractivity contribution is 0.102. The topological polar surface area (TPSA) is 67.0 Å². The largest absolute Gasteiger partial charge is 0.493 e. The molecule has 1 aliphatic rings. The third-order valence-electron chi connectivity index (χ3n) is 3.70. The fourth-order valence-electron chi connectivity index (χ4n) is 2.69. The van der Waals surface area contributed by atoms with E-state index < -0.39 is 0 Å². The van der Waals surface area contributed by atoms with Crippen LogP contribution in [0.2, 0.25) is 0 Å². The minimum Gasteiger partial charge on any atom is -0.493 e. The van der Waals surface area contributed by atoms with Gasteiger partial charge in [0.1, 0.15) is 11.4 Å². The quantitative estimate of drug-likeness (QED) is 0.758. The van der Waals surface area contributed by atoms with E-state index in [2.05, 4.69) is 15.3 Å². The summed E-state index contributed by atoms with van der Waals surface area (Å²) in [5.41, 5.74) is 3.20. The van der Waals surface area contributed by atoms with Gasteiger partial charge in [0.25, 0.3) is 5.91 Å². The van der Waals surface area contributed by atoms with Gasteiger partial charge < -0.3 is 15.0 Å². The molecule has 1 amide bonds. The van der Waals surface area contributed by atoms with Crippen LogP contribution < -0.4 is 10.1 Å². The van der Waals surface area contributed by atoms with Crippen LogP contribution in [0, 0.1) is 0 Å². The third kappa shape index (κ3) is 1.94. The van der Waals surface area contributed by atoms with E-state index in [1.54, 1.807) is 18.5 Å². The maximum Gasteiger partial charge on any atom is 0.256 e. The average Bonchev–Trinajstić information content (AvgIpc) is 3.15. The summed E-state index contributed by atoms with van der Waals surface area (Å²) in [5, 5.41) is 3.80. The Morgan fingerprint density at radius 3 is 3.19 bits per heavy atom. The van der Waals surface area contributed by atoms with Crippen LogP contribution in [0.15, 0.2) is 42.7 Å². The van der Waals surface area contributed by atoms with Crippen LogP contribution in [0.5, 0.6) is 5.75 Å². The number of carbonyl (C=O) groups excluding carboxylic acids is 1. The fraction of sp³-hybridized carbons (Fsp3) is 0.125. The zero-order valence-electron chi connectivity index (χ0n) is 11.2. The molecule has 5 nitrogen and oxygen atoms in total. The molecule has 0 saturated heterocycles. The second kappa shape index (κ2) is 4.63. The van der Waals surface area contributed by atoms with E-state index in [-0.39, 0.29) is 5.91 Å². The van der Waals surface area contributed by atoms with Crippen molar-refractivity contribution in [2.45, 2.75) is 6.42 Å². The highest BCUT2D eigenvalue weighted by atomic mass is 16.5. The lowest BCUT2D eigenvalue weighted by Gasteiger charge is -2.09. The number of amides is 1. The second-order valence-electron chi connectivity index (χ2n) is 4.93. The number of anilines is 1. The first-order valence-electron chi connectivity index (χ1n) is 6.81. The molecule has 3 aromatic rings. The van der Waals surface area contributed by atoms with Gasteiger partial charge in [-0.1, -0.05) is 6.07 Å². The molecule has 2 aromatic heterocycles. The smallest absolute Gasteiger partial charge is 0.256 e. The Kier molecular flexibility index (Phi) is 2.64. The van der Waals surface area contributed by atoms with Crippen LogP contribution in [0.25, 0.3) is 11.0 Å². The number of rotatable bonds is 2. The van der Waals surface area contributed by atoms with Crippen molar-refractivity contribution < 1.29 is 9.53 Å². The first-order chi connectivity index (χ1) is 10.3. The molecule has 0 spiro atoms. The van der Waals surface area contributed by atoms with Crippen molar-refractivity contribution in [3.8, 4) is 5.75 Å². The Morgan fingerprint density at radius 2 is 2.24 bits per heavy atom. The van der Waals surface area contributed by atoms with E-state index >= 15 is 0 Å². The molecule has 21 heavy (non-hydrogen) atoms. The van der Waals surface area contributed by atoms with E-state index in [0.29, 0.717) is 17.8 Å². The normalized spacial score (nSPS) is 13.0. The van der Waals surface area contributed by atoms with E-state index in [4.69, 9.17) is 4.74 Å². The summed E-state index contributed by atoms with van der Waals surface area (Å²) in [5.74, 6) is 0.719. The summed E-state index contributed by atoms with van der Waals surface area (Å²) in [4.78, 5) is 19.7. The second-order valence-corrected chi connectivity index (χ2v) is 4.93. The number of pyridine rings is 1. The molecule has 0 fully saturated rings. The van der Waals surface area contributed by atoms with Gasteiger partial charge in [0.2, 0.25) is 0 Å². The van der Waals surface area contributed by atoms with Gasteiger partial charge in [-0.15, -0.1) is 0 Å². The molecule has 0 saturated carbocycles. The molecule has 104 valence electrons. The van der Waals surface area contributed by atoms with E-state index in [1.807, 2.05) is 24.3 Å². The highest BCUT2D eigenvalue weighted by molar-refractivity contribution is 6.12. The van der Waals surface area contributed by atoms with Crippen LogP contribution in [0.3, 0.4) is 0 Å². The number of aromatic amines is 1. The molecule has 0 bridgehead atoms. The number of nitrogens with zero attached hydrogens (tertiary/aromatic N) is 1. The van der Waals surface area contributed by atoms with Gasteiger partial charge in [0, 0.05) is 35.5 Å². The summed E-state index contributed by atoms with van der Waals surface area (Å²) in [6.07, 6.45) is 4.23. The SMILES string of the molecule is O=C(Nc1cccc2c1CCO2)c1ccnc2[nH]ccc12. The predicted octanol–water partition coefficient (Wildman–Crippen LogP) is 2.75. The number of benzene rings is 1. The van der Waals surface area contributed by atoms with Gasteiger partial charge in [0.15, 0.2) is 0 Å². The Labute approximate surface area is 121 Å². The highest BCUT2D eigenvalue weighted by Gasteiger charge is 2.18. The molecule has 5 heteroatoms. The summed E-state index contributed by atoms with van der Waals surface area (Å²) >= 11 is 0. The maximum absolute atomic E-state index is 12.5. The lowest BCUT2D eigenvalue weighted by Crippen LogP contribution is -2.13. The zero-order valence-corrected chi connectivity index (χ0v) is 11.2. The van der Waals surface area contributed by atoms with Gasteiger partial charge in [-0.05, 0) is 24.3 Å². The minimum absolute atomic E-state index is 0.137. The van der Waals surface area contributed by atoms with Crippen LogP contribution in [0.4, 0.5) is 5.69 Å². The van der Waals surface area contributed by atoms with Crippen molar-refractivity contribution in [1.29, 1.82) is 0 Å². The van der Waals surface area contributed by atoms with Gasteiger partial charge in [0.05, 0.1) is 12.2 Å². The van der Waals surface area contributed by atoms with Crippen molar-refractivity contribution in [2.24, 2.45) is 0 Å². The molecule has 0 atom stereocenters. The molecular formula is C16H13N3O2. The Bertz CT molecular complexity index is 838. The fourth-order valence-corrected chi connectivity index (χ4v) is 2.69. The first-order valence-corrected chi connectivity index (χ1v) is 6.81. The van der Waals surface area contributed by atoms with E-state index in [1.165, 1.54) is 0 Å². The average molecular weight is 279 g/mol. The van der Waals surface area contributed by atoms with E-state index in [0.717, 1.165) is 28.8 Å². The van der Waals surface area contributed by atoms with Gasteiger partial charge in [-0.3, -0.25) is 4.79 Å². The molecule has 3 heterocycles. The van der Waals surface area contributed by atoms with Crippen LogP contribution in [0.1, 0.15) is 15.9 Å². The van der Waals surface area contributed by atoms with Crippen molar-refractivity contribution in [3.63, 3.8) is 0 Å². The highest BCUT2D eigenvalue weighted by Crippen LogP contribution is 2.32. The van der Waals surface area contributed by atoms with Crippen LogP contribution in [-0.4, -0.2) is 22.5 Å². The summed E-state index contributed by atoms with van der Waals surface area (Å²) in [6.45, 7) is 0.666. The molecule has 0 aliphatic carbocycles. The number of aromatic nitrogens is 2. The van der Waals surface area contributed by atoms with Gasteiger partial charge in [-0.25, -0.2) is 4.98 Å². The number of fused-ring (bicyclic) bond motifs is 2. The number of ether oxygens (including phenoxy) is 1. The Hall–Kier alpha value is -2.82. The lowest BCUT2D eigenvalue weighted by atomic mass is 10.1. The molecular weight excluding hydrogens is 266 g/mol. The number of H-pyrrole nitrogens is 1. The Balaban J connectivity index is 1.71. The molecule has 0 unspecified atom stereocenters. The standard InChI is InChI=1S/C16H13N3O2/c20-16(11-5-8-18-15-10(11)4-7-17-15)19-13-2-1-3-14-12(13)6-9-21-14/h1-5,7-8H,6,9H2,(H,17,18)(H,19,20). The van der Waals surface area contributed by atoms with Crippen molar-refractivity contribution in [1.82, 2.24) is 9.97 Å². The molecule has 2 N–H and O–H groups in total. The van der Waals surface area contributed by atoms with Gasteiger partial charge in [-0.2, -0.15) is 0 Å². The molecule has 1 aromatic carbocycles. The van der Waals surface area contributed by atoms with Crippen LogP contribution in [-0.2, 0) is 6.42 Å². The summed E-state index contributed by atoms with van der Waals surface area (Å²) in [7, 11) is 0. The number of carbonyl (C=O) groups is 1. The van der Waals surface area contributed by atoms with Crippen molar-refractivity contribution >= 4 is 22.6 Å². The predicted molar refractivity (Wildman–Crippen MR) is 79.7 cm³/mol. The molecule has 4 rings (SSSR count). The summed E-state index contributed by atoms with van der Waals surface area (Å²) < 4.78 is 5.52.